The van der Waals surface area contributed by atoms with Crippen LogP contribution < -0.4 is 0 Å². The van der Waals surface area contributed by atoms with Gasteiger partial charge >= 0.3 is 17.9 Å². The first-order chi connectivity index (χ1) is 31.0. The SMILES string of the molecule is CC\C=C/C=C\C=C/CCCCCCCCCC(=O)OC(COC(=O)CCC/C=C\C/C=C\C/C=C\C/C=C\CCCCC)COC(=O)CCCCCCC\C=C/C=C\C=C/CC. The van der Waals surface area contributed by atoms with E-state index in [0.29, 0.717) is 19.3 Å². The van der Waals surface area contributed by atoms with Crippen molar-refractivity contribution in [2.24, 2.45) is 0 Å². The molecule has 0 aromatic heterocycles. The van der Waals surface area contributed by atoms with E-state index in [-0.39, 0.29) is 37.5 Å². The molecule has 0 saturated carbocycles. The molecule has 6 nitrogen and oxygen atoms in total. The maximum atomic E-state index is 12.8. The van der Waals surface area contributed by atoms with Crippen LogP contribution in [0.1, 0.15) is 201 Å². The maximum Gasteiger partial charge on any atom is 0.306 e. The second-order valence-corrected chi connectivity index (χ2v) is 16.1. The molecule has 0 aliphatic heterocycles. The Balaban J connectivity index is 4.54. The highest BCUT2D eigenvalue weighted by atomic mass is 16.6. The summed E-state index contributed by atoms with van der Waals surface area (Å²) in [7, 11) is 0. The Kier molecular flexibility index (Phi) is 47.1. The van der Waals surface area contributed by atoms with Crippen molar-refractivity contribution in [1.82, 2.24) is 0 Å². The molecule has 0 aliphatic rings. The molecule has 63 heavy (non-hydrogen) atoms. The van der Waals surface area contributed by atoms with Gasteiger partial charge < -0.3 is 14.2 Å². The molecule has 0 aliphatic carbocycles. The molecule has 0 aromatic rings. The Labute approximate surface area is 386 Å². The fraction of sp³-hybridized carbons (Fsp3) is 0.596. The number of unbranched alkanes of at least 4 members (excludes halogenated alkanes) is 16. The van der Waals surface area contributed by atoms with Crippen LogP contribution in [0.25, 0.3) is 0 Å². The quantitative estimate of drug-likeness (QED) is 0.0200. The van der Waals surface area contributed by atoms with Gasteiger partial charge in [0.2, 0.25) is 0 Å². The Morgan fingerprint density at radius 3 is 1.16 bits per heavy atom. The molecule has 0 amide bonds. The molecule has 0 radical (unpaired) electrons. The average Bonchev–Trinajstić information content (AvgIpc) is 3.28. The van der Waals surface area contributed by atoms with Gasteiger partial charge in [-0.05, 0) is 96.3 Å². The lowest BCUT2D eigenvalue weighted by molar-refractivity contribution is -0.167. The van der Waals surface area contributed by atoms with Crippen LogP contribution in [0.2, 0.25) is 0 Å². The van der Waals surface area contributed by atoms with E-state index in [9.17, 15) is 14.4 Å². The lowest BCUT2D eigenvalue weighted by Crippen LogP contribution is -2.30. The van der Waals surface area contributed by atoms with Gasteiger partial charge in [0, 0.05) is 19.3 Å². The molecule has 0 aromatic carbocycles. The molecule has 0 spiro atoms. The Hall–Kier alpha value is -4.19. The fourth-order valence-electron chi connectivity index (χ4n) is 6.32. The molecule has 354 valence electrons. The lowest BCUT2D eigenvalue weighted by atomic mass is 10.1. The van der Waals surface area contributed by atoms with Gasteiger partial charge in [-0.2, -0.15) is 0 Å². The molecule has 1 unspecified atom stereocenters. The first-order valence-electron chi connectivity index (χ1n) is 25.1. The molecule has 6 heteroatoms. The van der Waals surface area contributed by atoms with Gasteiger partial charge in [0.15, 0.2) is 6.10 Å². The van der Waals surface area contributed by atoms with E-state index in [1.807, 2.05) is 6.08 Å². The Bertz CT molecular complexity index is 1370. The summed E-state index contributed by atoms with van der Waals surface area (Å²) in [5.74, 6) is -1.01. The molecule has 0 N–H and O–H groups in total. The normalized spacial score (nSPS) is 13.1. The summed E-state index contributed by atoms with van der Waals surface area (Å²) in [6.45, 7) is 6.25. The molecular weight excluding hydrogens is 781 g/mol. The number of carbonyl (C=O) groups is 3. The van der Waals surface area contributed by atoms with Crippen molar-refractivity contribution in [2.75, 3.05) is 13.2 Å². The van der Waals surface area contributed by atoms with Crippen LogP contribution in [0.5, 0.6) is 0 Å². The van der Waals surface area contributed by atoms with Crippen LogP contribution >= 0.6 is 0 Å². The average molecular weight is 871 g/mol. The highest BCUT2D eigenvalue weighted by molar-refractivity contribution is 5.71. The monoisotopic (exact) mass is 871 g/mol. The smallest absolute Gasteiger partial charge is 0.306 e. The van der Waals surface area contributed by atoms with Crippen molar-refractivity contribution in [3.05, 3.63) is 122 Å². The van der Waals surface area contributed by atoms with Crippen molar-refractivity contribution in [3.8, 4) is 0 Å². The van der Waals surface area contributed by atoms with E-state index in [4.69, 9.17) is 14.2 Å². The van der Waals surface area contributed by atoms with Gasteiger partial charge in [0.25, 0.3) is 0 Å². The van der Waals surface area contributed by atoms with Crippen molar-refractivity contribution in [1.29, 1.82) is 0 Å². The van der Waals surface area contributed by atoms with Crippen LogP contribution in [0.15, 0.2) is 122 Å². The third-order valence-corrected chi connectivity index (χ3v) is 10.1. The fourth-order valence-corrected chi connectivity index (χ4v) is 6.32. The van der Waals surface area contributed by atoms with E-state index in [1.165, 1.54) is 44.9 Å². The summed E-state index contributed by atoms with van der Waals surface area (Å²) in [6, 6.07) is 0. The summed E-state index contributed by atoms with van der Waals surface area (Å²) in [4.78, 5) is 37.9. The standard InChI is InChI=1S/C57H90O6/c1-4-7-10-13-16-19-22-25-27-28-30-32-35-38-41-44-47-50-56(59)62-53-54(52-61-55(58)49-46-43-40-37-34-31-24-21-18-15-12-9-6-3)63-57(60)51-48-45-42-39-36-33-29-26-23-20-17-14-11-8-5-2/h8-9,11-12,14-21,23-25,27,30,32,38,41,54H,4-7,10,13,22,26,28-29,31,33-37,39-40,42-53H2,1-3H3/b11-8-,12-9-,17-14-,18-15-,19-16-,23-20-,24-21-,27-25-,32-30-,41-38-. The molecular formula is C57H90O6. The van der Waals surface area contributed by atoms with Gasteiger partial charge in [-0.15, -0.1) is 0 Å². The van der Waals surface area contributed by atoms with Gasteiger partial charge in [-0.3, -0.25) is 14.4 Å². The molecule has 0 fully saturated rings. The Morgan fingerprint density at radius 2 is 0.698 bits per heavy atom. The number of hydrogen-bond donors (Lipinski definition) is 0. The van der Waals surface area contributed by atoms with Gasteiger partial charge in [0.1, 0.15) is 13.2 Å². The molecule has 0 saturated heterocycles. The van der Waals surface area contributed by atoms with Gasteiger partial charge in [-0.1, -0.05) is 206 Å². The molecule has 1 atom stereocenters. The number of esters is 3. The molecule has 0 rings (SSSR count). The predicted molar refractivity (Wildman–Crippen MR) is 269 cm³/mol. The summed E-state index contributed by atoms with van der Waals surface area (Å²) in [5, 5.41) is 0. The number of rotatable bonds is 43. The van der Waals surface area contributed by atoms with Crippen molar-refractivity contribution in [3.63, 3.8) is 0 Å². The second-order valence-electron chi connectivity index (χ2n) is 16.1. The third-order valence-electron chi connectivity index (χ3n) is 10.1. The minimum absolute atomic E-state index is 0.115. The number of ether oxygens (including phenoxy) is 3. The van der Waals surface area contributed by atoms with Gasteiger partial charge in [0.05, 0.1) is 0 Å². The van der Waals surface area contributed by atoms with Crippen LogP contribution in [-0.4, -0.2) is 37.2 Å². The van der Waals surface area contributed by atoms with E-state index < -0.39 is 6.10 Å². The van der Waals surface area contributed by atoms with Crippen molar-refractivity contribution >= 4 is 17.9 Å². The largest absolute Gasteiger partial charge is 0.462 e. The first-order valence-corrected chi connectivity index (χ1v) is 25.1. The Morgan fingerprint density at radius 1 is 0.349 bits per heavy atom. The van der Waals surface area contributed by atoms with E-state index >= 15 is 0 Å². The minimum atomic E-state index is -0.818. The summed E-state index contributed by atoms with van der Waals surface area (Å²) < 4.78 is 16.7. The third kappa shape index (κ3) is 48.7. The van der Waals surface area contributed by atoms with E-state index in [0.717, 1.165) is 109 Å². The minimum Gasteiger partial charge on any atom is -0.462 e. The number of allylic oxidation sites excluding steroid dienone is 20. The van der Waals surface area contributed by atoms with Crippen LogP contribution in [-0.2, 0) is 28.6 Å². The molecule has 0 heterocycles. The highest BCUT2D eigenvalue weighted by Gasteiger charge is 2.19. The zero-order chi connectivity index (χ0) is 45.8. The first kappa shape index (κ1) is 58.8. The number of hydrogen-bond acceptors (Lipinski definition) is 6. The van der Waals surface area contributed by atoms with Gasteiger partial charge in [-0.25, -0.2) is 0 Å². The van der Waals surface area contributed by atoms with Crippen LogP contribution in [0, 0.1) is 0 Å². The lowest BCUT2D eigenvalue weighted by Gasteiger charge is -2.18. The zero-order valence-corrected chi connectivity index (χ0v) is 40.3. The summed E-state index contributed by atoms with van der Waals surface area (Å²) in [5.41, 5.74) is 0. The number of carbonyl (C=O) groups excluding carboxylic acids is 3. The second kappa shape index (κ2) is 50.5. The highest BCUT2D eigenvalue weighted by Crippen LogP contribution is 2.13. The predicted octanol–water partition coefficient (Wildman–Crippen LogP) is 16.5. The van der Waals surface area contributed by atoms with E-state index in [1.54, 1.807) is 0 Å². The zero-order valence-electron chi connectivity index (χ0n) is 40.3. The maximum absolute atomic E-state index is 12.8. The van der Waals surface area contributed by atoms with E-state index in [2.05, 4.69) is 136 Å². The topological polar surface area (TPSA) is 78.9 Å². The van der Waals surface area contributed by atoms with Crippen molar-refractivity contribution < 1.29 is 28.6 Å². The summed E-state index contributed by atoms with van der Waals surface area (Å²) >= 11 is 0. The summed E-state index contributed by atoms with van der Waals surface area (Å²) in [6.07, 6.45) is 69.0. The van der Waals surface area contributed by atoms with Crippen LogP contribution in [0.3, 0.4) is 0 Å². The molecule has 0 bridgehead atoms. The van der Waals surface area contributed by atoms with Crippen LogP contribution in [0.4, 0.5) is 0 Å². The van der Waals surface area contributed by atoms with Crippen molar-refractivity contribution in [2.45, 2.75) is 207 Å².